The first-order chi connectivity index (χ1) is 11.5. The summed E-state index contributed by atoms with van der Waals surface area (Å²) in [5, 5.41) is 2.79. The molecule has 1 N–H and O–H groups in total. The van der Waals surface area contributed by atoms with Crippen LogP contribution < -0.4 is 10.1 Å². The number of urea groups is 1. The lowest BCUT2D eigenvalue weighted by Gasteiger charge is -2.35. The van der Waals surface area contributed by atoms with Gasteiger partial charge in [-0.15, -0.1) is 0 Å². The van der Waals surface area contributed by atoms with Gasteiger partial charge in [0.25, 0.3) is 0 Å². The molecule has 0 unspecified atom stereocenters. The van der Waals surface area contributed by atoms with Crippen molar-refractivity contribution >= 4 is 11.7 Å². The van der Waals surface area contributed by atoms with Gasteiger partial charge in [-0.3, -0.25) is 4.98 Å². The van der Waals surface area contributed by atoms with Gasteiger partial charge in [-0.2, -0.15) is 0 Å². The molecule has 2 heterocycles. The number of likely N-dealkylation sites (tertiary alicyclic amines) is 1. The Labute approximate surface area is 140 Å². The smallest absolute Gasteiger partial charge is 0.321 e. The Balaban J connectivity index is 1.59. The summed E-state index contributed by atoms with van der Waals surface area (Å²) < 4.78 is 19.7. The number of hydrogen-bond donors (Lipinski definition) is 1. The summed E-state index contributed by atoms with van der Waals surface area (Å²) in [6.07, 6.45) is 4.48. The largest absolute Gasteiger partial charge is 0.456 e. The second-order valence-corrected chi connectivity index (χ2v) is 6.18. The van der Waals surface area contributed by atoms with Crippen LogP contribution in [0, 0.1) is 0 Å². The topological polar surface area (TPSA) is 54.5 Å². The lowest BCUT2D eigenvalue weighted by atomic mass is 9.97. The van der Waals surface area contributed by atoms with Gasteiger partial charge in [0.15, 0.2) is 0 Å². The number of hydrogen-bond acceptors (Lipinski definition) is 3. The third kappa shape index (κ3) is 4.22. The predicted octanol–water partition coefficient (Wildman–Crippen LogP) is 4.23. The SMILES string of the molecule is C[C@@]1(F)CCCN(C(=O)Nc2ccc(Oc3cccnc3)cc2)C1. The Bertz CT molecular complexity index is 689. The van der Waals surface area contributed by atoms with E-state index in [9.17, 15) is 9.18 Å². The summed E-state index contributed by atoms with van der Waals surface area (Å²) in [7, 11) is 0. The van der Waals surface area contributed by atoms with E-state index in [0.717, 1.165) is 0 Å². The highest BCUT2D eigenvalue weighted by molar-refractivity contribution is 5.89. The molecule has 1 fully saturated rings. The molecule has 0 radical (unpaired) electrons. The summed E-state index contributed by atoms with van der Waals surface area (Å²) in [4.78, 5) is 17.7. The summed E-state index contributed by atoms with van der Waals surface area (Å²) >= 11 is 0. The molecule has 0 aliphatic carbocycles. The first kappa shape index (κ1) is 16.2. The number of pyridine rings is 1. The molecule has 0 spiro atoms. The number of benzene rings is 1. The molecule has 1 saturated heterocycles. The summed E-state index contributed by atoms with van der Waals surface area (Å²) in [5.41, 5.74) is -0.665. The summed E-state index contributed by atoms with van der Waals surface area (Å²) in [6.45, 7) is 2.24. The summed E-state index contributed by atoms with van der Waals surface area (Å²) in [5.74, 6) is 1.29. The van der Waals surface area contributed by atoms with E-state index in [0.29, 0.717) is 36.6 Å². The Morgan fingerprint density at radius 1 is 1.29 bits per heavy atom. The molecule has 2 amide bonds. The average molecular weight is 329 g/mol. The van der Waals surface area contributed by atoms with Gasteiger partial charge in [-0.1, -0.05) is 0 Å². The number of carbonyl (C=O) groups is 1. The van der Waals surface area contributed by atoms with Gasteiger partial charge in [0.05, 0.1) is 12.7 Å². The maximum absolute atomic E-state index is 14.0. The first-order valence-electron chi connectivity index (χ1n) is 7.95. The molecule has 1 aromatic heterocycles. The monoisotopic (exact) mass is 329 g/mol. The Morgan fingerprint density at radius 2 is 2.08 bits per heavy atom. The van der Waals surface area contributed by atoms with Crippen LogP contribution in [0.5, 0.6) is 11.5 Å². The first-order valence-corrected chi connectivity index (χ1v) is 7.95. The number of ether oxygens (including phenoxy) is 1. The highest BCUT2D eigenvalue weighted by atomic mass is 19.1. The number of halogens is 1. The number of alkyl halides is 1. The molecule has 3 rings (SSSR count). The number of aromatic nitrogens is 1. The van der Waals surface area contributed by atoms with Crippen LogP contribution in [0.2, 0.25) is 0 Å². The minimum absolute atomic E-state index is 0.126. The van der Waals surface area contributed by atoms with Crippen molar-refractivity contribution in [2.75, 3.05) is 18.4 Å². The third-order valence-electron chi connectivity index (χ3n) is 3.91. The lowest BCUT2D eigenvalue weighted by molar-refractivity contribution is 0.0808. The van der Waals surface area contributed by atoms with E-state index < -0.39 is 5.67 Å². The lowest BCUT2D eigenvalue weighted by Crippen LogP contribution is -2.47. The maximum atomic E-state index is 14.0. The van der Waals surface area contributed by atoms with Gasteiger partial charge in [-0.05, 0) is 56.2 Å². The van der Waals surface area contributed by atoms with Crippen LogP contribution in [0.3, 0.4) is 0 Å². The molecule has 1 aliphatic heterocycles. The molecular formula is C18H20FN3O2. The molecule has 0 bridgehead atoms. The van der Waals surface area contributed by atoms with E-state index in [1.165, 1.54) is 11.8 Å². The Kier molecular flexibility index (Phi) is 4.64. The molecule has 0 saturated carbocycles. The number of piperidine rings is 1. The van der Waals surface area contributed by atoms with E-state index in [-0.39, 0.29) is 12.6 Å². The highest BCUT2D eigenvalue weighted by Crippen LogP contribution is 2.26. The van der Waals surface area contributed by atoms with Crippen molar-refractivity contribution in [1.82, 2.24) is 9.88 Å². The molecule has 126 valence electrons. The maximum Gasteiger partial charge on any atom is 0.321 e. The zero-order valence-corrected chi connectivity index (χ0v) is 13.5. The fraction of sp³-hybridized carbons (Fsp3) is 0.333. The zero-order chi connectivity index (χ0) is 17.0. The predicted molar refractivity (Wildman–Crippen MR) is 90.1 cm³/mol. The van der Waals surface area contributed by atoms with Crippen LogP contribution in [-0.4, -0.2) is 34.7 Å². The van der Waals surface area contributed by atoms with Gasteiger partial charge < -0.3 is 15.0 Å². The minimum atomic E-state index is -1.31. The van der Waals surface area contributed by atoms with Crippen LogP contribution >= 0.6 is 0 Å². The van der Waals surface area contributed by atoms with Crippen molar-refractivity contribution in [3.05, 3.63) is 48.8 Å². The Hall–Kier alpha value is -2.63. The van der Waals surface area contributed by atoms with Crippen molar-refractivity contribution in [3.63, 3.8) is 0 Å². The van der Waals surface area contributed by atoms with Gasteiger partial charge in [0.2, 0.25) is 0 Å². The highest BCUT2D eigenvalue weighted by Gasteiger charge is 2.32. The van der Waals surface area contributed by atoms with Crippen LogP contribution in [0.1, 0.15) is 19.8 Å². The number of amides is 2. The number of carbonyl (C=O) groups excluding carboxylic acids is 1. The molecule has 5 nitrogen and oxygen atoms in total. The van der Waals surface area contributed by atoms with Crippen LogP contribution in [0.25, 0.3) is 0 Å². The molecule has 1 aromatic carbocycles. The van der Waals surface area contributed by atoms with Gasteiger partial charge in [-0.25, -0.2) is 9.18 Å². The summed E-state index contributed by atoms with van der Waals surface area (Å²) in [6, 6.07) is 10.4. The number of anilines is 1. The molecule has 24 heavy (non-hydrogen) atoms. The second kappa shape index (κ2) is 6.86. The molecule has 1 aliphatic rings. The second-order valence-electron chi connectivity index (χ2n) is 6.18. The van der Waals surface area contributed by atoms with Crippen LogP contribution in [0.4, 0.5) is 14.9 Å². The van der Waals surface area contributed by atoms with E-state index in [1.54, 1.807) is 42.7 Å². The zero-order valence-electron chi connectivity index (χ0n) is 13.5. The van der Waals surface area contributed by atoms with Crippen molar-refractivity contribution in [3.8, 4) is 11.5 Å². The number of rotatable bonds is 3. The van der Waals surface area contributed by atoms with Crippen molar-refractivity contribution in [2.45, 2.75) is 25.4 Å². The Morgan fingerprint density at radius 3 is 2.75 bits per heavy atom. The quantitative estimate of drug-likeness (QED) is 0.917. The molecular weight excluding hydrogens is 309 g/mol. The average Bonchev–Trinajstić information content (AvgIpc) is 2.57. The fourth-order valence-electron chi connectivity index (χ4n) is 2.72. The number of nitrogens with one attached hydrogen (secondary N) is 1. The fourth-order valence-corrected chi connectivity index (χ4v) is 2.72. The van der Waals surface area contributed by atoms with E-state index in [4.69, 9.17) is 4.74 Å². The van der Waals surface area contributed by atoms with E-state index >= 15 is 0 Å². The number of nitrogens with zero attached hydrogens (tertiary/aromatic N) is 2. The van der Waals surface area contributed by atoms with Gasteiger partial charge >= 0.3 is 6.03 Å². The minimum Gasteiger partial charge on any atom is -0.456 e. The standard InChI is InChI=1S/C18H20FN3O2/c1-18(19)9-3-11-22(13-18)17(23)21-14-5-7-15(8-6-14)24-16-4-2-10-20-12-16/h2,4-8,10,12H,3,9,11,13H2,1H3,(H,21,23)/t18-/m1/s1. The van der Waals surface area contributed by atoms with E-state index in [1.807, 2.05) is 6.07 Å². The van der Waals surface area contributed by atoms with Crippen molar-refractivity contribution in [1.29, 1.82) is 0 Å². The molecule has 6 heteroatoms. The molecule has 1 atom stereocenters. The normalized spacial score (nSPS) is 20.5. The van der Waals surface area contributed by atoms with Crippen LogP contribution in [0.15, 0.2) is 48.8 Å². The van der Waals surface area contributed by atoms with Crippen molar-refractivity contribution in [2.24, 2.45) is 0 Å². The molecule has 2 aromatic rings. The van der Waals surface area contributed by atoms with E-state index in [2.05, 4.69) is 10.3 Å². The van der Waals surface area contributed by atoms with Gasteiger partial charge in [0.1, 0.15) is 17.2 Å². The third-order valence-corrected chi connectivity index (χ3v) is 3.91. The van der Waals surface area contributed by atoms with Crippen molar-refractivity contribution < 1.29 is 13.9 Å². The van der Waals surface area contributed by atoms with Gasteiger partial charge in [0, 0.05) is 18.4 Å². The van der Waals surface area contributed by atoms with Crippen LogP contribution in [-0.2, 0) is 0 Å².